The van der Waals surface area contributed by atoms with Gasteiger partial charge in [0, 0.05) is 0 Å². The average molecular weight is 419 g/mol. The Balaban J connectivity index is 2.90. The van der Waals surface area contributed by atoms with Crippen molar-refractivity contribution in [2.24, 2.45) is 0 Å². The minimum Gasteiger partial charge on any atom is -0.301 e. The van der Waals surface area contributed by atoms with E-state index in [1.54, 1.807) is 4.55 Å². The van der Waals surface area contributed by atoms with Crippen LogP contribution in [0.3, 0.4) is 0 Å². The van der Waals surface area contributed by atoms with E-state index in [2.05, 4.69) is 25.8 Å². The highest BCUT2D eigenvalue weighted by Gasteiger charge is 1.95. The SMILES string of the molecule is CCCCCCCCCCCCCCCCCC[CH2][Mg][I]. The molecule has 0 nitrogen and oxygen atoms in total. The number of halogens is 1. The molecule has 0 aliphatic rings. The Morgan fingerprint density at radius 1 is 0.476 bits per heavy atom. The minimum absolute atomic E-state index is 0.318. The first-order valence-electron chi connectivity index (χ1n) is 9.97. The molecule has 0 rings (SSSR count). The molecule has 0 atom stereocenters. The summed E-state index contributed by atoms with van der Waals surface area (Å²) >= 11 is 2.95. The molecule has 0 bridgehead atoms. The summed E-state index contributed by atoms with van der Waals surface area (Å²) in [5, 5.41) is 0. The largest absolute Gasteiger partial charge is 0.463 e. The molecule has 0 aliphatic carbocycles. The van der Waals surface area contributed by atoms with Crippen LogP contribution in [0.15, 0.2) is 0 Å². The molecule has 21 heavy (non-hydrogen) atoms. The number of unbranched alkanes of at least 4 members (excludes halogenated alkanes) is 16. The van der Waals surface area contributed by atoms with Gasteiger partial charge in [0.25, 0.3) is 0 Å². The maximum absolute atomic E-state index is 2.63. The van der Waals surface area contributed by atoms with Crippen LogP contribution in [0.1, 0.15) is 116 Å². The Morgan fingerprint density at radius 2 is 0.762 bits per heavy atom. The van der Waals surface area contributed by atoms with E-state index in [-0.39, 0.29) is 0 Å². The van der Waals surface area contributed by atoms with E-state index in [9.17, 15) is 0 Å². The lowest BCUT2D eigenvalue weighted by Gasteiger charge is -2.03. The van der Waals surface area contributed by atoms with Crippen LogP contribution in [0.25, 0.3) is 0 Å². The fourth-order valence-electron chi connectivity index (χ4n) is 3.00. The van der Waals surface area contributed by atoms with Gasteiger partial charge in [0.2, 0.25) is 0 Å². The van der Waals surface area contributed by atoms with Gasteiger partial charge in [-0.15, -0.1) is 4.55 Å². The van der Waals surface area contributed by atoms with Gasteiger partial charge in [0.05, 0.1) is 0 Å². The Bertz CT molecular complexity index is 155. The van der Waals surface area contributed by atoms with Crippen molar-refractivity contribution in [1.82, 2.24) is 0 Å². The predicted octanol–water partition coefficient (Wildman–Crippen LogP) is 8.11. The van der Waals surface area contributed by atoms with E-state index < -0.39 is 0 Å². The molecule has 2 heteroatoms. The fraction of sp³-hybridized carbons (Fsp3) is 1.00. The summed E-state index contributed by atoms with van der Waals surface area (Å²) < 4.78 is 1.57. The van der Waals surface area contributed by atoms with Crippen LogP contribution in [0, 0.1) is 0 Å². The molecule has 0 aromatic heterocycles. The van der Waals surface area contributed by atoms with E-state index >= 15 is 0 Å². The summed E-state index contributed by atoms with van der Waals surface area (Å²) in [7, 11) is 0. The highest BCUT2D eigenvalue weighted by Crippen LogP contribution is 2.14. The van der Waals surface area contributed by atoms with E-state index in [4.69, 9.17) is 0 Å². The van der Waals surface area contributed by atoms with Crippen molar-refractivity contribution in [2.45, 2.75) is 121 Å². The molecule has 0 saturated heterocycles. The lowest BCUT2D eigenvalue weighted by atomic mass is 10.0. The van der Waals surface area contributed by atoms with Gasteiger partial charge >= 0.3 is 16.5 Å². The molecule has 0 aromatic carbocycles. The molecular weight excluding hydrogens is 379 g/mol. The molecule has 0 amide bonds. The molecular formula is C19H39IMg. The van der Waals surface area contributed by atoms with Crippen LogP contribution < -0.4 is 0 Å². The summed E-state index contributed by atoms with van der Waals surface area (Å²) in [6.45, 7) is 2.30. The van der Waals surface area contributed by atoms with Crippen molar-refractivity contribution < 1.29 is 0 Å². The van der Waals surface area contributed by atoms with Crippen LogP contribution in [-0.4, -0.2) is 16.5 Å². The standard InChI is InChI=1S/C19H39.HI.Mg/c1-3-5-7-9-11-13-15-17-19-18-16-14-12-10-8-6-4-2;;/h1,3-19H2,2H3;1H;/q;;+1/p-1. The second kappa shape index (κ2) is 21.5. The molecule has 124 valence electrons. The zero-order valence-corrected chi connectivity index (χ0v) is 18.4. The maximum atomic E-state index is 2.63. The van der Waals surface area contributed by atoms with E-state index in [0.29, 0.717) is 16.5 Å². The van der Waals surface area contributed by atoms with Gasteiger partial charge in [-0.1, -0.05) is 116 Å². The van der Waals surface area contributed by atoms with Crippen molar-refractivity contribution in [3.05, 3.63) is 0 Å². The lowest BCUT2D eigenvalue weighted by Crippen LogP contribution is -1.84. The zero-order chi connectivity index (χ0) is 15.4. The third-order valence-corrected chi connectivity index (χ3v) is 7.54. The van der Waals surface area contributed by atoms with Crippen molar-refractivity contribution in [3.63, 3.8) is 0 Å². The van der Waals surface area contributed by atoms with Gasteiger partial charge in [-0.05, 0) is 0 Å². The van der Waals surface area contributed by atoms with Crippen LogP contribution in [0.2, 0.25) is 4.55 Å². The summed E-state index contributed by atoms with van der Waals surface area (Å²) in [4.78, 5) is 0. The van der Waals surface area contributed by atoms with Gasteiger partial charge in [0.1, 0.15) is 0 Å². The van der Waals surface area contributed by atoms with Crippen LogP contribution in [0.5, 0.6) is 0 Å². The second-order valence-electron chi connectivity index (χ2n) is 6.70. The number of hydrogen-bond donors (Lipinski definition) is 0. The Labute approximate surface area is 155 Å². The normalized spacial score (nSPS) is 10.8. The topological polar surface area (TPSA) is 0 Å². The van der Waals surface area contributed by atoms with Gasteiger partial charge < -0.3 is 18.9 Å². The smallest absolute Gasteiger partial charge is 0.301 e. The van der Waals surface area contributed by atoms with Crippen LogP contribution >= 0.6 is 18.9 Å². The number of hydrogen-bond acceptors (Lipinski definition) is 0. The van der Waals surface area contributed by atoms with Crippen molar-refractivity contribution in [3.8, 4) is 0 Å². The first kappa shape index (κ1) is 22.5. The van der Waals surface area contributed by atoms with E-state index in [0.717, 1.165) is 0 Å². The first-order chi connectivity index (χ1) is 10.4. The minimum atomic E-state index is 0.318. The molecule has 0 heterocycles. The molecule has 0 N–H and O–H groups in total. The molecule has 0 saturated carbocycles. The van der Waals surface area contributed by atoms with Crippen molar-refractivity contribution in [2.75, 3.05) is 0 Å². The lowest BCUT2D eigenvalue weighted by molar-refractivity contribution is 0.529. The first-order valence-corrected chi connectivity index (χ1v) is 16.1. The summed E-state index contributed by atoms with van der Waals surface area (Å²) in [6, 6.07) is 0. The van der Waals surface area contributed by atoms with Gasteiger partial charge in [-0.25, -0.2) is 0 Å². The molecule has 0 aromatic rings. The average Bonchev–Trinajstić information content (AvgIpc) is 2.50. The third-order valence-electron chi connectivity index (χ3n) is 4.49. The zero-order valence-electron chi connectivity index (χ0n) is 14.8. The van der Waals surface area contributed by atoms with Crippen molar-refractivity contribution >= 4 is 35.3 Å². The van der Waals surface area contributed by atoms with Crippen molar-refractivity contribution in [1.29, 1.82) is 0 Å². The summed E-state index contributed by atoms with van der Waals surface area (Å²) in [5.74, 6) is 0. The van der Waals surface area contributed by atoms with E-state index in [1.165, 1.54) is 109 Å². The highest BCUT2D eigenvalue weighted by molar-refractivity contribution is 14.1. The summed E-state index contributed by atoms with van der Waals surface area (Å²) in [6.07, 6.45) is 25.2. The van der Waals surface area contributed by atoms with Gasteiger partial charge in [0.15, 0.2) is 0 Å². The highest BCUT2D eigenvalue weighted by atomic mass is 127. The van der Waals surface area contributed by atoms with Gasteiger partial charge in [-0.2, -0.15) is 0 Å². The Morgan fingerprint density at radius 3 is 1.05 bits per heavy atom. The monoisotopic (exact) mass is 418 g/mol. The predicted molar refractivity (Wildman–Crippen MR) is 109 cm³/mol. The third kappa shape index (κ3) is 21.5. The molecule has 0 unspecified atom stereocenters. The number of rotatable bonds is 18. The Hall–Kier alpha value is 1.50. The Kier molecular flexibility index (Phi) is 23.0. The fourth-order valence-corrected chi connectivity index (χ4v) is 5.16. The summed E-state index contributed by atoms with van der Waals surface area (Å²) in [5.41, 5.74) is 0. The van der Waals surface area contributed by atoms with E-state index in [1.807, 2.05) is 0 Å². The second-order valence-corrected chi connectivity index (χ2v) is 11.0. The van der Waals surface area contributed by atoms with Gasteiger partial charge in [-0.3, -0.25) is 0 Å². The molecule has 0 aliphatic heterocycles. The van der Waals surface area contributed by atoms with Crippen LogP contribution in [0.4, 0.5) is 0 Å². The molecule has 0 fully saturated rings. The maximum Gasteiger partial charge on any atom is 0.463 e. The van der Waals surface area contributed by atoms with Crippen LogP contribution in [-0.2, 0) is 0 Å². The quantitative estimate of drug-likeness (QED) is 0.120. The molecule has 0 radical (unpaired) electrons. The molecule has 0 spiro atoms.